The smallest absolute Gasteiger partial charge is 0.326 e. The topological polar surface area (TPSA) is 95.5 Å². The van der Waals surface area contributed by atoms with E-state index in [1.807, 2.05) is 12.1 Å². The van der Waals surface area contributed by atoms with E-state index in [4.69, 9.17) is 11.6 Å². The van der Waals surface area contributed by atoms with E-state index in [-0.39, 0.29) is 11.8 Å². The molecule has 164 valence electrons. The summed E-state index contributed by atoms with van der Waals surface area (Å²) in [6.45, 7) is 3.48. The molecular formula is C25H23ClN2O4. The molecule has 1 atom stereocenters. The number of nitrogens with one attached hydrogen (secondary N) is 2. The van der Waals surface area contributed by atoms with Crippen molar-refractivity contribution in [2.45, 2.75) is 19.9 Å². The number of carbonyl (C=O) groups excluding carboxylic acids is 2. The van der Waals surface area contributed by atoms with Gasteiger partial charge in [0.1, 0.15) is 6.04 Å². The van der Waals surface area contributed by atoms with Crippen molar-refractivity contribution < 1.29 is 19.5 Å². The second-order valence-electron chi connectivity index (χ2n) is 7.65. The maximum Gasteiger partial charge on any atom is 0.326 e. The van der Waals surface area contributed by atoms with Crippen LogP contribution in [0.25, 0.3) is 11.1 Å². The first kappa shape index (κ1) is 23.0. The molecule has 0 aliphatic rings. The lowest BCUT2D eigenvalue weighted by molar-refractivity contribution is -0.140. The van der Waals surface area contributed by atoms with Gasteiger partial charge in [-0.05, 0) is 65.6 Å². The Morgan fingerprint density at radius 3 is 1.72 bits per heavy atom. The van der Waals surface area contributed by atoms with Crippen LogP contribution in [0.4, 0.5) is 5.69 Å². The molecule has 0 unspecified atom stereocenters. The van der Waals surface area contributed by atoms with Gasteiger partial charge in [-0.3, -0.25) is 9.59 Å². The van der Waals surface area contributed by atoms with Crippen LogP contribution in [-0.2, 0) is 4.79 Å². The largest absolute Gasteiger partial charge is 0.480 e. The highest BCUT2D eigenvalue weighted by Crippen LogP contribution is 2.22. The van der Waals surface area contributed by atoms with Crippen molar-refractivity contribution in [3.63, 3.8) is 0 Å². The maximum absolute atomic E-state index is 12.4. The van der Waals surface area contributed by atoms with Crippen LogP contribution in [0, 0.1) is 5.92 Å². The van der Waals surface area contributed by atoms with Gasteiger partial charge in [0.15, 0.2) is 0 Å². The Labute approximate surface area is 191 Å². The van der Waals surface area contributed by atoms with Crippen molar-refractivity contribution in [3.8, 4) is 11.1 Å². The fourth-order valence-electron chi connectivity index (χ4n) is 3.10. The number of rotatable bonds is 7. The molecule has 0 aliphatic heterocycles. The van der Waals surface area contributed by atoms with Gasteiger partial charge >= 0.3 is 5.97 Å². The molecule has 0 fully saturated rings. The predicted octanol–water partition coefficient (Wildman–Crippen LogP) is 5.10. The van der Waals surface area contributed by atoms with Crippen molar-refractivity contribution in [1.82, 2.24) is 5.32 Å². The number of halogens is 1. The number of benzene rings is 3. The molecule has 0 aliphatic carbocycles. The summed E-state index contributed by atoms with van der Waals surface area (Å²) >= 11 is 5.85. The van der Waals surface area contributed by atoms with E-state index in [2.05, 4.69) is 10.6 Å². The molecule has 3 aromatic rings. The number of carbonyl (C=O) groups is 3. The number of aliphatic carboxylic acids is 1. The number of carboxylic acid groups (broad SMARTS) is 1. The number of anilines is 1. The molecular weight excluding hydrogens is 428 g/mol. The minimum absolute atomic E-state index is 0.227. The highest BCUT2D eigenvalue weighted by Gasteiger charge is 2.23. The van der Waals surface area contributed by atoms with Gasteiger partial charge in [-0.15, -0.1) is 0 Å². The average Bonchev–Trinajstić information content (AvgIpc) is 2.78. The van der Waals surface area contributed by atoms with Crippen LogP contribution in [0.5, 0.6) is 0 Å². The van der Waals surface area contributed by atoms with E-state index in [1.54, 1.807) is 74.5 Å². The standard InChI is InChI=1S/C25H23ClN2O4/c1-15(2)22(25(31)32)28-24(30)18-5-3-16(4-6-18)17-9-13-21(14-10-17)27-23(29)19-7-11-20(26)12-8-19/h3-15,22H,1-2H3,(H,27,29)(H,28,30)(H,31,32)/t22-/m0/s1. The Balaban J connectivity index is 1.66. The van der Waals surface area contributed by atoms with Crippen LogP contribution in [0.2, 0.25) is 5.02 Å². The fourth-order valence-corrected chi connectivity index (χ4v) is 3.23. The summed E-state index contributed by atoms with van der Waals surface area (Å²) in [6, 6.07) is 19.9. The van der Waals surface area contributed by atoms with Gasteiger partial charge in [-0.25, -0.2) is 4.79 Å². The lowest BCUT2D eigenvalue weighted by Gasteiger charge is -2.18. The Hall–Kier alpha value is -3.64. The highest BCUT2D eigenvalue weighted by atomic mass is 35.5. The van der Waals surface area contributed by atoms with Crippen molar-refractivity contribution >= 4 is 35.1 Å². The Morgan fingerprint density at radius 2 is 1.22 bits per heavy atom. The summed E-state index contributed by atoms with van der Waals surface area (Å²) in [7, 11) is 0. The molecule has 0 bridgehead atoms. The molecule has 0 spiro atoms. The molecule has 0 saturated heterocycles. The van der Waals surface area contributed by atoms with E-state index in [0.717, 1.165) is 11.1 Å². The first-order chi connectivity index (χ1) is 15.2. The van der Waals surface area contributed by atoms with Crippen molar-refractivity contribution in [3.05, 3.63) is 88.9 Å². The van der Waals surface area contributed by atoms with Crippen LogP contribution in [0.3, 0.4) is 0 Å². The third kappa shape index (κ3) is 5.74. The Bertz CT molecular complexity index is 1110. The normalized spacial score (nSPS) is 11.6. The number of amides is 2. The first-order valence-corrected chi connectivity index (χ1v) is 10.4. The van der Waals surface area contributed by atoms with Crippen LogP contribution < -0.4 is 10.6 Å². The average molecular weight is 451 g/mol. The second kappa shape index (κ2) is 10.1. The molecule has 3 aromatic carbocycles. The van der Waals surface area contributed by atoms with Crippen molar-refractivity contribution in [1.29, 1.82) is 0 Å². The summed E-state index contributed by atoms with van der Waals surface area (Å²) < 4.78 is 0. The van der Waals surface area contributed by atoms with Gasteiger partial charge in [0.05, 0.1) is 0 Å². The number of hydrogen-bond donors (Lipinski definition) is 3. The van der Waals surface area contributed by atoms with E-state index < -0.39 is 17.9 Å². The van der Waals surface area contributed by atoms with E-state index in [9.17, 15) is 19.5 Å². The zero-order valence-corrected chi connectivity index (χ0v) is 18.4. The fraction of sp³-hybridized carbons (Fsp3) is 0.160. The van der Waals surface area contributed by atoms with Crippen LogP contribution >= 0.6 is 11.6 Å². The zero-order chi connectivity index (χ0) is 23.3. The maximum atomic E-state index is 12.4. The monoisotopic (exact) mass is 450 g/mol. The highest BCUT2D eigenvalue weighted by molar-refractivity contribution is 6.30. The van der Waals surface area contributed by atoms with Crippen molar-refractivity contribution in [2.24, 2.45) is 5.92 Å². The predicted molar refractivity (Wildman–Crippen MR) is 125 cm³/mol. The summed E-state index contributed by atoms with van der Waals surface area (Å²) in [5.74, 6) is -1.95. The molecule has 3 rings (SSSR count). The molecule has 0 saturated carbocycles. The third-order valence-electron chi connectivity index (χ3n) is 4.95. The summed E-state index contributed by atoms with van der Waals surface area (Å²) in [6.07, 6.45) is 0. The van der Waals surface area contributed by atoms with E-state index >= 15 is 0 Å². The molecule has 32 heavy (non-hydrogen) atoms. The molecule has 2 amide bonds. The van der Waals surface area contributed by atoms with Gasteiger partial charge in [-0.1, -0.05) is 49.7 Å². The zero-order valence-electron chi connectivity index (χ0n) is 17.6. The summed E-state index contributed by atoms with van der Waals surface area (Å²) in [4.78, 5) is 36.0. The lowest BCUT2D eigenvalue weighted by Crippen LogP contribution is -2.44. The van der Waals surface area contributed by atoms with E-state index in [1.165, 1.54) is 0 Å². The lowest BCUT2D eigenvalue weighted by atomic mass is 10.0. The first-order valence-electron chi connectivity index (χ1n) is 10.1. The second-order valence-corrected chi connectivity index (χ2v) is 8.09. The Morgan fingerprint density at radius 1 is 0.750 bits per heavy atom. The molecule has 3 N–H and O–H groups in total. The SMILES string of the molecule is CC(C)[C@H](NC(=O)c1ccc(-c2ccc(NC(=O)c3ccc(Cl)cc3)cc2)cc1)C(=O)O. The summed E-state index contributed by atoms with van der Waals surface area (Å²) in [5.41, 5.74) is 3.34. The number of carboxylic acids is 1. The van der Waals surface area contributed by atoms with Gasteiger partial charge < -0.3 is 15.7 Å². The quantitative estimate of drug-likeness (QED) is 0.466. The summed E-state index contributed by atoms with van der Waals surface area (Å²) in [5, 5.41) is 15.2. The Kier molecular flexibility index (Phi) is 7.28. The van der Waals surface area contributed by atoms with Gasteiger partial charge in [-0.2, -0.15) is 0 Å². The molecule has 7 heteroatoms. The molecule has 0 radical (unpaired) electrons. The van der Waals surface area contributed by atoms with Gasteiger partial charge in [0.2, 0.25) is 0 Å². The van der Waals surface area contributed by atoms with Crippen LogP contribution in [-0.4, -0.2) is 28.9 Å². The minimum atomic E-state index is -1.06. The van der Waals surface area contributed by atoms with E-state index in [0.29, 0.717) is 21.8 Å². The molecule has 0 aromatic heterocycles. The third-order valence-corrected chi connectivity index (χ3v) is 5.20. The van der Waals surface area contributed by atoms with Gasteiger partial charge in [0.25, 0.3) is 11.8 Å². The van der Waals surface area contributed by atoms with Crippen LogP contribution in [0.1, 0.15) is 34.6 Å². The molecule has 0 heterocycles. The number of hydrogen-bond acceptors (Lipinski definition) is 3. The van der Waals surface area contributed by atoms with Crippen LogP contribution in [0.15, 0.2) is 72.8 Å². The molecule has 6 nitrogen and oxygen atoms in total. The van der Waals surface area contributed by atoms with Gasteiger partial charge in [0, 0.05) is 21.8 Å². The minimum Gasteiger partial charge on any atom is -0.480 e. The van der Waals surface area contributed by atoms with Crippen molar-refractivity contribution in [2.75, 3.05) is 5.32 Å².